The zero-order chi connectivity index (χ0) is 27.3. The van der Waals surface area contributed by atoms with E-state index in [-0.39, 0.29) is 11.6 Å². The van der Waals surface area contributed by atoms with Crippen molar-refractivity contribution in [3.63, 3.8) is 0 Å². The minimum atomic E-state index is -4.75. The number of carbonyl (C=O) groups is 1. The molecule has 11 heteroatoms. The number of hydrogen-bond donors (Lipinski definition) is 1. The molecule has 39 heavy (non-hydrogen) atoms. The van der Waals surface area contributed by atoms with Crippen LogP contribution in [-0.4, -0.2) is 33.8 Å². The molecule has 0 radical (unpaired) electrons. The van der Waals surface area contributed by atoms with Crippen LogP contribution in [0, 0.1) is 6.92 Å². The Morgan fingerprint density at radius 1 is 1.03 bits per heavy atom. The lowest BCUT2D eigenvalue weighted by atomic mass is 9.95. The number of oxazole rings is 1. The van der Waals surface area contributed by atoms with Crippen LogP contribution in [0.25, 0.3) is 28.3 Å². The van der Waals surface area contributed by atoms with Crippen LogP contribution in [0.4, 0.5) is 24.5 Å². The Balaban J connectivity index is 1.60. The number of anilines is 2. The van der Waals surface area contributed by atoms with Crippen molar-refractivity contribution in [2.24, 2.45) is 0 Å². The molecule has 0 bridgehead atoms. The van der Waals surface area contributed by atoms with Gasteiger partial charge in [0.1, 0.15) is 5.69 Å². The van der Waals surface area contributed by atoms with Gasteiger partial charge in [-0.1, -0.05) is 0 Å². The van der Waals surface area contributed by atoms with Crippen LogP contribution in [-0.2, 0) is 17.4 Å². The quantitative estimate of drug-likeness (QED) is 0.378. The summed E-state index contributed by atoms with van der Waals surface area (Å²) in [5.41, 5.74) is 1.69. The van der Waals surface area contributed by atoms with Crippen LogP contribution < -0.4 is 15.8 Å². The minimum absolute atomic E-state index is 0.173. The van der Waals surface area contributed by atoms with E-state index in [1.807, 2.05) is 25.1 Å². The summed E-state index contributed by atoms with van der Waals surface area (Å²) >= 11 is 0. The molecule has 4 heterocycles. The van der Waals surface area contributed by atoms with Gasteiger partial charge < -0.3 is 14.6 Å². The molecule has 2 aliphatic rings. The van der Waals surface area contributed by atoms with Gasteiger partial charge in [-0.05, 0) is 68.1 Å². The van der Waals surface area contributed by atoms with E-state index in [0.717, 1.165) is 28.3 Å². The number of aryl methyl sites for hydroxylation is 1. The van der Waals surface area contributed by atoms with Gasteiger partial charge in [-0.25, -0.2) is 4.98 Å². The van der Waals surface area contributed by atoms with E-state index in [1.54, 1.807) is 6.20 Å². The molecule has 6 rings (SSSR count). The number of nitrogens with one attached hydrogen (secondary N) is 1. The Labute approximate surface area is 221 Å². The molecule has 200 valence electrons. The van der Waals surface area contributed by atoms with Gasteiger partial charge in [0.15, 0.2) is 12.2 Å². The molecule has 0 atom stereocenters. The Bertz CT molecular complexity index is 1640. The zero-order valence-electron chi connectivity index (χ0n) is 21.0. The molecule has 4 aromatic rings. The lowest BCUT2D eigenvalue weighted by molar-refractivity contribution is -0.137. The SMILES string of the molecule is Cc1cc(-c2cnco2)cc(-c2nn(-c3cc(N4CCCC4=O)ccc3C(F)(F)F)c(=O)c3c2CCCN3)c1. The highest BCUT2D eigenvalue weighted by Crippen LogP contribution is 2.38. The maximum Gasteiger partial charge on any atom is 0.418 e. The number of amides is 1. The Kier molecular flexibility index (Phi) is 6.00. The van der Waals surface area contributed by atoms with Crippen LogP contribution in [0.3, 0.4) is 0 Å². The summed E-state index contributed by atoms with van der Waals surface area (Å²) in [6, 6.07) is 9.01. The third-order valence-corrected chi connectivity index (χ3v) is 7.07. The number of alkyl halides is 3. The van der Waals surface area contributed by atoms with Gasteiger partial charge >= 0.3 is 6.18 Å². The van der Waals surface area contributed by atoms with Crippen LogP contribution in [0.15, 0.2) is 58.2 Å². The Hall–Kier alpha value is -4.41. The zero-order valence-corrected chi connectivity index (χ0v) is 21.0. The smallest absolute Gasteiger partial charge is 0.418 e. The Morgan fingerprint density at radius 3 is 2.56 bits per heavy atom. The number of hydrogen-bond acceptors (Lipinski definition) is 6. The van der Waals surface area contributed by atoms with Crippen molar-refractivity contribution < 1.29 is 22.4 Å². The number of halogens is 3. The van der Waals surface area contributed by atoms with Crippen molar-refractivity contribution in [3.05, 3.63) is 76.0 Å². The highest BCUT2D eigenvalue weighted by molar-refractivity contribution is 5.95. The molecule has 1 amide bonds. The summed E-state index contributed by atoms with van der Waals surface area (Å²) < 4.78 is 48.9. The summed E-state index contributed by atoms with van der Waals surface area (Å²) in [7, 11) is 0. The van der Waals surface area contributed by atoms with Gasteiger partial charge in [0, 0.05) is 41.9 Å². The first-order chi connectivity index (χ1) is 18.7. The number of fused-ring (bicyclic) bond motifs is 1. The van der Waals surface area contributed by atoms with Gasteiger partial charge in [-0.15, -0.1) is 0 Å². The first-order valence-electron chi connectivity index (χ1n) is 12.6. The van der Waals surface area contributed by atoms with Crippen molar-refractivity contribution in [1.82, 2.24) is 14.8 Å². The number of carbonyl (C=O) groups excluding carboxylic acids is 1. The summed E-state index contributed by atoms with van der Waals surface area (Å²) in [5, 5.41) is 7.66. The van der Waals surface area contributed by atoms with Crippen molar-refractivity contribution in [3.8, 4) is 28.3 Å². The fraction of sp³-hybridized carbons (Fsp3) is 0.286. The normalized spacial score (nSPS) is 15.4. The van der Waals surface area contributed by atoms with E-state index in [4.69, 9.17) is 4.42 Å². The highest BCUT2D eigenvalue weighted by atomic mass is 19.4. The van der Waals surface area contributed by atoms with Crippen LogP contribution in [0.2, 0.25) is 0 Å². The van der Waals surface area contributed by atoms with E-state index >= 15 is 0 Å². The van der Waals surface area contributed by atoms with Crippen molar-refractivity contribution in [1.29, 1.82) is 0 Å². The fourth-order valence-electron chi connectivity index (χ4n) is 5.30. The first-order valence-corrected chi connectivity index (χ1v) is 12.6. The molecule has 2 aromatic heterocycles. The molecule has 1 saturated heterocycles. The number of aromatic nitrogens is 3. The third-order valence-electron chi connectivity index (χ3n) is 7.07. The predicted molar refractivity (Wildman–Crippen MR) is 139 cm³/mol. The molecular formula is C28H24F3N5O3. The predicted octanol–water partition coefficient (Wildman–Crippen LogP) is 5.37. The summed E-state index contributed by atoms with van der Waals surface area (Å²) in [4.78, 5) is 31.4. The van der Waals surface area contributed by atoms with Gasteiger partial charge in [0.25, 0.3) is 5.56 Å². The molecule has 0 spiro atoms. The summed E-state index contributed by atoms with van der Waals surface area (Å²) in [6.07, 6.45) is 0.357. The second-order valence-corrected chi connectivity index (χ2v) is 9.75. The van der Waals surface area contributed by atoms with Gasteiger partial charge in [0.2, 0.25) is 5.91 Å². The first kappa shape index (κ1) is 24.9. The monoisotopic (exact) mass is 535 g/mol. The molecule has 1 N–H and O–H groups in total. The molecule has 2 aromatic carbocycles. The number of benzene rings is 2. The lowest BCUT2D eigenvalue weighted by Crippen LogP contribution is -2.32. The van der Waals surface area contributed by atoms with Gasteiger partial charge in [-0.2, -0.15) is 23.0 Å². The molecule has 8 nitrogen and oxygen atoms in total. The maximum atomic E-state index is 14.2. The summed E-state index contributed by atoms with van der Waals surface area (Å²) in [6.45, 7) is 2.80. The maximum absolute atomic E-state index is 14.2. The van der Waals surface area contributed by atoms with E-state index in [1.165, 1.54) is 23.4 Å². The average Bonchev–Trinajstić information content (AvgIpc) is 3.60. The minimum Gasteiger partial charge on any atom is -0.444 e. The topological polar surface area (TPSA) is 93.3 Å². The van der Waals surface area contributed by atoms with Crippen LogP contribution in [0.5, 0.6) is 0 Å². The molecule has 0 unspecified atom stereocenters. The number of rotatable bonds is 4. The van der Waals surface area contributed by atoms with Crippen molar-refractivity contribution in [2.45, 2.75) is 38.8 Å². The van der Waals surface area contributed by atoms with E-state index in [9.17, 15) is 22.8 Å². The number of nitrogens with zero attached hydrogens (tertiary/aromatic N) is 4. The largest absolute Gasteiger partial charge is 0.444 e. The fourth-order valence-corrected chi connectivity index (χ4v) is 5.30. The van der Waals surface area contributed by atoms with Crippen molar-refractivity contribution in [2.75, 3.05) is 23.3 Å². The third kappa shape index (κ3) is 4.47. The summed E-state index contributed by atoms with van der Waals surface area (Å²) in [5.74, 6) is 0.358. The van der Waals surface area contributed by atoms with E-state index in [0.29, 0.717) is 60.6 Å². The van der Waals surface area contributed by atoms with Crippen LogP contribution >= 0.6 is 0 Å². The molecule has 2 aliphatic heterocycles. The standard InChI is InChI=1S/C28H24F3N5O3/c1-16-10-17(23-14-32-15-39-23)12-18(11-16)25-20-4-2-8-33-26(20)27(38)36(34-25)22-13-19(35-9-3-5-24(35)37)6-7-21(22)28(29,30)31/h6-7,10-15,33H,2-5,8-9H2,1H3. The molecule has 1 fully saturated rings. The van der Waals surface area contributed by atoms with Gasteiger partial charge in [0.05, 0.1) is 23.1 Å². The van der Waals surface area contributed by atoms with E-state index in [2.05, 4.69) is 15.4 Å². The second-order valence-electron chi connectivity index (χ2n) is 9.75. The molecule has 0 aliphatic carbocycles. The van der Waals surface area contributed by atoms with Crippen LogP contribution in [0.1, 0.15) is 36.0 Å². The second kappa shape index (κ2) is 9.40. The molecule has 0 saturated carbocycles. The van der Waals surface area contributed by atoms with E-state index < -0.39 is 23.0 Å². The van der Waals surface area contributed by atoms with Crippen molar-refractivity contribution >= 4 is 17.3 Å². The van der Waals surface area contributed by atoms with Gasteiger partial charge in [-0.3, -0.25) is 9.59 Å². The molecular weight excluding hydrogens is 511 g/mol. The Morgan fingerprint density at radius 2 is 1.85 bits per heavy atom. The average molecular weight is 536 g/mol. The highest BCUT2D eigenvalue weighted by Gasteiger charge is 2.36. The lowest BCUT2D eigenvalue weighted by Gasteiger charge is -2.24.